The van der Waals surface area contributed by atoms with Crippen LogP contribution in [0.3, 0.4) is 0 Å². The van der Waals surface area contributed by atoms with Crippen LogP contribution in [0.5, 0.6) is 0 Å². The monoisotopic (exact) mass is 350 g/mol. The second-order valence-electron chi connectivity index (χ2n) is 5.69. The van der Waals surface area contributed by atoms with Gasteiger partial charge in [-0.1, -0.05) is 0 Å². The molecule has 1 saturated heterocycles. The normalized spacial score (nSPS) is 19.6. The Morgan fingerprint density at radius 2 is 2.22 bits per heavy atom. The Hall–Kier alpha value is -1.57. The molecule has 0 saturated carbocycles. The van der Waals surface area contributed by atoms with Crippen molar-refractivity contribution in [1.29, 1.82) is 0 Å². The van der Waals surface area contributed by atoms with E-state index in [1.807, 2.05) is 18.4 Å². The summed E-state index contributed by atoms with van der Waals surface area (Å²) in [6.45, 7) is 2.61. The van der Waals surface area contributed by atoms with Gasteiger partial charge >= 0.3 is 0 Å². The molecule has 0 aliphatic carbocycles. The molecule has 0 unspecified atom stereocenters. The zero-order valence-electron chi connectivity index (χ0n) is 12.8. The Morgan fingerprint density at radius 1 is 1.39 bits per heavy atom. The lowest BCUT2D eigenvalue weighted by Crippen LogP contribution is -2.42. The maximum atomic E-state index is 12.7. The number of piperidine rings is 1. The van der Waals surface area contributed by atoms with Crippen LogP contribution in [0.2, 0.25) is 0 Å². The first-order valence-corrected chi connectivity index (χ1v) is 9.80. The Labute approximate surface area is 140 Å². The Bertz CT molecular complexity index is 800. The number of Topliss-reactive ketones (excluding diaryl/α,β-unsaturated/α-hetero) is 1. The summed E-state index contributed by atoms with van der Waals surface area (Å²) in [6.07, 6.45) is 4.32. The van der Waals surface area contributed by atoms with Gasteiger partial charge < -0.3 is 0 Å². The number of carbonyl (C=O) groups excluding carboxylic acids is 1. The largest absolute Gasteiger partial charge is 0.293 e. The van der Waals surface area contributed by atoms with Crippen molar-refractivity contribution in [3.05, 3.63) is 46.4 Å². The van der Waals surface area contributed by atoms with Crippen LogP contribution in [0.25, 0.3) is 0 Å². The van der Waals surface area contributed by atoms with Gasteiger partial charge in [0.2, 0.25) is 10.0 Å². The first kappa shape index (κ1) is 16.3. The first-order valence-electron chi connectivity index (χ1n) is 7.48. The number of rotatable bonds is 4. The molecule has 3 heterocycles. The van der Waals surface area contributed by atoms with Gasteiger partial charge in [0.05, 0.1) is 4.88 Å². The van der Waals surface area contributed by atoms with Crippen molar-refractivity contribution in [1.82, 2.24) is 9.29 Å². The van der Waals surface area contributed by atoms with Crippen LogP contribution in [0.4, 0.5) is 0 Å². The van der Waals surface area contributed by atoms with Gasteiger partial charge in [0.1, 0.15) is 4.90 Å². The van der Waals surface area contributed by atoms with Crippen molar-refractivity contribution in [3.8, 4) is 0 Å². The molecule has 122 valence electrons. The van der Waals surface area contributed by atoms with Crippen LogP contribution in [0, 0.1) is 12.8 Å². The fourth-order valence-electron chi connectivity index (χ4n) is 2.83. The summed E-state index contributed by atoms with van der Waals surface area (Å²) in [5, 5.41) is 1.90. The number of sulfonamides is 1. The number of hydrogen-bond acceptors (Lipinski definition) is 5. The van der Waals surface area contributed by atoms with Gasteiger partial charge in [-0.2, -0.15) is 4.31 Å². The van der Waals surface area contributed by atoms with Crippen molar-refractivity contribution in [2.24, 2.45) is 5.92 Å². The van der Waals surface area contributed by atoms with E-state index < -0.39 is 10.0 Å². The second-order valence-corrected chi connectivity index (χ2v) is 8.54. The van der Waals surface area contributed by atoms with Gasteiger partial charge in [-0.3, -0.25) is 9.78 Å². The maximum absolute atomic E-state index is 12.7. The molecule has 23 heavy (non-hydrogen) atoms. The summed E-state index contributed by atoms with van der Waals surface area (Å²) in [7, 11) is -3.59. The molecule has 2 aromatic heterocycles. The summed E-state index contributed by atoms with van der Waals surface area (Å²) in [6, 6.07) is 5.07. The number of thiophene rings is 1. The third kappa shape index (κ3) is 3.22. The molecular formula is C16H18N2O3S2. The Morgan fingerprint density at radius 3 is 2.87 bits per heavy atom. The highest BCUT2D eigenvalue weighted by molar-refractivity contribution is 7.89. The molecule has 0 radical (unpaired) electrons. The molecule has 5 nitrogen and oxygen atoms in total. The van der Waals surface area contributed by atoms with Crippen molar-refractivity contribution >= 4 is 27.1 Å². The van der Waals surface area contributed by atoms with E-state index in [1.54, 1.807) is 12.3 Å². The van der Waals surface area contributed by atoms with Crippen LogP contribution < -0.4 is 0 Å². The van der Waals surface area contributed by atoms with Gasteiger partial charge in [0.25, 0.3) is 0 Å². The highest BCUT2D eigenvalue weighted by Crippen LogP contribution is 2.28. The standard InChI is InChI=1S/C16H18N2O3S2/c1-12-6-9-22-16(12)15(19)13-4-3-8-18(11-13)23(20,21)14-5-2-7-17-10-14/h2,5-7,9-10,13H,3-4,8,11H2,1H3/t13-/m0/s1. The smallest absolute Gasteiger partial charge is 0.244 e. The van der Waals surface area contributed by atoms with Crippen molar-refractivity contribution in [3.63, 3.8) is 0 Å². The third-order valence-electron chi connectivity index (χ3n) is 4.11. The van der Waals surface area contributed by atoms with E-state index in [-0.39, 0.29) is 23.1 Å². The van der Waals surface area contributed by atoms with Gasteiger partial charge in [-0.25, -0.2) is 8.42 Å². The topological polar surface area (TPSA) is 67.3 Å². The summed E-state index contributed by atoms with van der Waals surface area (Å²) >= 11 is 1.43. The second kappa shape index (κ2) is 6.51. The van der Waals surface area contributed by atoms with Crippen molar-refractivity contribution in [2.45, 2.75) is 24.7 Å². The molecule has 0 N–H and O–H groups in total. The van der Waals surface area contributed by atoms with Crippen LogP contribution in [0.1, 0.15) is 28.1 Å². The molecule has 1 aliphatic heterocycles. The first-order chi connectivity index (χ1) is 11.0. The fourth-order valence-corrected chi connectivity index (χ4v) is 5.27. The molecule has 0 amide bonds. The predicted octanol–water partition coefficient (Wildman–Crippen LogP) is 2.74. The number of hydrogen-bond donors (Lipinski definition) is 0. The molecule has 1 fully saturated rings. The quantitative estimate of drug-likeness (QED) is 0.795. The minimum Gasteiger partial charge on any atom is -0.293 e. The minimum atomic E-state index is -3.59. The maximum Gasteiger partial charge on any atom is 0.244 e. The molecule has 3 rings (SSSR count). The number of carbonyl (C=O) groups is 1. The average molecular weight is 350 g/mol. The SMILES string of the molecule is Cc1ccsc1C(=O)[C@H]1CCCN(S(=O)(=O)c2cccnc2)C1. The van der Waals surface area contributed by atoms with Crippen LogP contribution in [-0.4, -0.2) is 36.6 Å². The summed E-state index contributed by atoms with van der Waals surface area (Å²) in [4.78, 5) is 17.5. The zero-order valence-corrected chi connectivity index (χ0v) is 14.4. The van der Waals surface area contributed by atoms with Crippen LogP contribution in [-0.2, 0) is 10.0 Å². The Kier molecular flexibility index (Phi) is 4.61. The molecular weight excluding hydrogens is 332 g/mol. The Balaban J connectivity index is 1.81. The number of pyridine rings is 1. The molecule has 0 aromatic carbocycles. The van der Waals surface area contributed by atoms with Crippen molar-refractivity contribution < 1.29 is 13.2 Å². The predicted molar refractivity (Wildman–Crippen MR) is 89.1 cm³/mol. The number of aromatic nitrogens is 1. The third-order valence-corrected chi connectivity index (χ3v) is 6.99. The van der Waals surface area contributed by atoms with Gasteiger partial charge in [-0.15, -0.1) is 11.3 Å². The minimum absolute atomic E-state index is 0.0589. The van der Waals surface area contributed by atoms with Gasteiger partial charge in [-0.05, 0) is 48.9 Å². The van der Waals surface area contributed by atoms with Crippen molar-refractivity contribution in [2.75, 3.05) is 13.1 Å². The number of nitrogens with zero attached hydrogens (tertiary/aromatic N) is 2. The fraction of sp³-hybridized carbons (Fsp3) is 0.375. The summed E-state index contributed by atoms with van der Waals surface area (Å²) < 4.78 is 26.8. The molecule has 2 aromatic rings. The van der Waals surface area contributed by atoms with E-state index in [2.05, 4.69) is 4.98 Å². The molecule has 0 bridgehead atoms. The molecule has 0 spiro atoms. The van der Waals surface area contributed by atoms with E-state index in [4.69, 9.17) is 0 Å². The molecule has 1 aliphatic rings. The van der Waals surface area contributed by atoms with Crippen LogP contribution in [0.15, 0.2) is 40.9 Å². The number of ketones is 1. The number of aryl methyl sites for hydroxylation is 1. The lowest BCUT2D eigenvalue weighted by Gasteiger charge is -2.31. The lowest BCUT2D eigenvalue weighted by molar-refractivity contribution is 0.0876. The van der Waals surface area contributed by atoms with E-state index in [0.29, 0.717) is 13.0 Å². The lowest BCUT2D eigenvalue weighted by atomic mass is 9.93. The highest BCUT2D eigenvalue weighted by Gasteiger charge is 2.34. The highest BCUT2D eigenvalue weighted by atomic mass is 32.2. The van der Waals surface area contributed by atoms with Gasteiger partial charge in [0, 0.05) is 31.4 Å². The summed E-state index contributed by atoms with van der Waals surface area (Å²) in [5.74, 6) is -0.212. The van der Waals surface area contributed by atoms with E-state index >= 15 is 0 Å². The summed E-state index contributed by atoms with van der Waals surface area (Å²) in [5.41, 5.74) is 0.965. The van der Waals surface area contributed by atoms with E-state index in [9.17, 15) is 13.2 Å². The van der Waals surface area contributed by atoms with Crippen LogP contribution >= 0.6 is 11.3 Å². The average Bonchev–Trinajstić information content (AvgIpc) is 3.01. The molecule has 1 atom stereocenters. The van der Waals surface area contributed by atoms with E-state index in [1.165, 1.54) is 27.9 Å². The molecule has 7 heteroatoms. The van der Waals surface area contributed by atoms with E-state index in [0.717, 1.165) is 16.9 Å². The zero-order chi connectivity index (χ0) is 16.4. The van der Waals surface area contributed by atoms with Gasteiger partial charge in [0.15, 0.2) is 5.78 Å².